The van der Waals surface area contributed by atoms with Gasteiger partial charge in [-0.05, 0) is 5.56 Å². The predicted octanol–water partition coefficient (Wildman–Crippen LogP) is 2.23. The molecule has 0 bridgehead atoms. The Kier molecular flexibility index (Phi) is 6.75. The van der Waals surface area contributed by atoms with E-state index < -0.39 is 51.3 Å². The van der Waals surface area contributed by atoms with Gasteiger partial charge in [0.2, 0.25) is 19.2 Å². The molecular formula is C13H16F3NO6P2. The van der Waals surface area contributed by atoms with Gasteiger partial charge in [-0.25, -0.2) is 0 Å². The van der Waals surface area contributed by atoms with E-state index in [-0.39, 0.29) is 4.90 Å². The molecule has 12 heteroatoms. The first-order chi connectivity index (χ1) is 11.2. The number of imide groups is 1. The maximum atomic E-state index is 12.5. The number of rotatable bonds is 6. The second-order valence-corrected chi connectivity index (χ2v) is 10.0. The van der Waals surface area contributed by atoms with E-state index in [2.05, 4.69) is 0 Å². The van der Waals surface area contributed by atoms with Crippen LogP contribution in [0.25, 0.3) is 0 Å². The van der Waals surface area contributed by atoms with Crippen LogP contribution in [0.5, 0.6) is 0 Å². The molecule has 0 saturated carbocycles. The van der Waals surface area contributed by atoms with Crippen molar-refractivity contribution >= 4 is 26.6 Å². The summed E-state index contributed by atoms with van der Waals surface area (Å²) >= 11 is 0. The van der Waals surface area contributed by atoms with Crippen molar-refractivity contribution in [1.82, 2.24) is 4.90 Å². The lowest BCUT2D eigenvalue weighted by Crippen LogP contribution is -2.40. The summed E-state index contributed by atoms with van der Waals surface area (Å²) in [6.07, 6.45) is -2.80. The normalized spacial score (nSPS) is 16.6. The summed E-state index contributed by atoms with van der Waals surface area (Å²) in [5.41, 5.74) is 0.354. The smallest absolute Gasteiger partial charge is 0.344 e. The van der Waals surface area contributed by atoms with Crippen molar-refractivity contribution in [3.63, 3.8) is 0 Å². The van der Waals surface area contributed by atoms with Gasteiger partial charge < -0.3 is 9.79 Å². The van der Waals surface area contributed by atoms with Crippen molar-refractivity contribution in [3.8, 4) is 0 Å². The second kappa shape index (κ2) is 7.83. The number of hydrogen-bond acceptors (Lipinski definition) is 4. The van der Waals surface area contributed by atoms with Gasteiger partial charge in [-0.3, -0.25) is 23.6 Å². The Morgan fingerprint density at radius 3 is 1.96 bits per heavy atom. The van der Waals surface area contributed by atoms with E-state index in [9.17, 15) is 36.8 Å². The van der Waals surface area contributed by atoms with Crippen LogP contribution in [0, 0.1) is 0 Å². The Labute approximate surface area is 141 Å². The lowest BCUT2D eigenvalue weighted by atomic mass is 10.2. The molecule has 0 fully saturated rings. The Morgan fingerprint density at radius 2 is 1.52 bits per heavy atom. The van der Waals surface area contributed by atoms with Crippen molar-refractivity contribution in [2.75, 3.05) is 19.0 Å². The summed E-state index contributed by atoms with van der Waals surface area (Å²) in [6, 6.07) is 7.66. The molecule has 0 aliphatic rings. The third kappa shape index (κ3) is 6.74. The molecule has 1 aromatic carbocycles. The zero-order valence-electron chi connectivity index (χ0n) is 13.0. The van der Waals surface area contributed by atoms with Crippen LogP contribution in [0.2, 0.25) is 0 Å². The summed E-state index contributed by atoms with van der Waals surface area (Å²) in [4.78, 5) is 42.7. The highest BCUT2D eigenvalue weighted by Gasteiger charge is 2.52. The zero-order chi connectivity index (χ0) is 19.5. The summed E-state index contributed by atoms with van der Waals surface area (Å²) < 4.78 is 60.1. The van der Waals surface area contributed by atoms with E-state index in [4.69, 9.17) is 4.89 Å². The summed E-state index contributed by atoms with van der Waals surface area (Å²) in [5.74, 6) is -8.27. The predicted molar refractivity (Wildman–Crippen MR) is 83.4 cm³/mol. The van der Waals surface area contributed by atoms with E-state index in [1.807, 2.05) is 0 Å². The monoisotopic (exact) mass is 401 g/mol. The van der Waals surface area contributed by atoms with Crippen molar-refractivity contribution in [1.29, 1.82) is 0 Å². The van der Waals surface area contributed by atoms with Crippen LogP contribution in [-0.2, 0) is 25.3 Å². The molecule has 0 aromatic heterocycles. The topological polar surface area (TPSA) is 112 Å². The van der Waals surface area contributed by atoms with E-state index in [0.717, 1.165) is 6.66 Å². The molecular weight excluding hydrogens is 385 g/mol. The molecule has 2 atom stereocenters. The third-order valence-corrected chi connectivity index (χ3v) is 5.31. The number of nitrogens with zero attached hydrogens (tertiary/aromatic N) is 1. The van der Waals surface area contributed by atoms with Gasteiger partial charge in [0.05, 0.1) is 6.54 Å². The Morgan fingerprint density at radius 1 is 1.04 bits per heavy atom. The number of benzene rings is 1. The Bertz CT molecular complexity index is 731. The minimum Gasteiger partial charge on any atom is -0.344 e. The molecule has 0 radical (unpaired) electrons. The fourth-order valence-corrected chi connectivity index (χ4v) is 3.17. The SMILES string of the molecule is CP(=O)(O)CC(=O)N(Cc1ccccc1)C(=O)CP(=O)(O)C(F)(F)F. The maximum absolute atomic E-state index is 12.5. The molecule has 0 aliphatic carbocycles. The van der Waals surface area contributed by atoms with Crippen LogP contribution in [0.15, 0.2) is 30.3 Å². The van der Waals surface area contributed by atoms with Crippen LogP contribution < -0.4 is 0 Å². The molecule has 0 heterocycles. The van der Waals surface area contributed by atoms with Crippen molar-refractivity contribution < 1.29 is 41.7 Å². The maximum Gasteiger partial charge on any atom is 0.466 e. The van der Waals surface area contributed by atoms with Crippen LogP contribution in [-0.4, -0.2) is 51.4 Å². The lowest BCUT2D eigenvalue weighted by Gasteiger charge is -2.23. The first kappa shape index (κ1) is 21.6. The molecule has 0 spiro atoms. The molecule has 0 aliphatic heterocycles. The zero-order valence-corrected chi connectivity index (χ0v) is 14.8. The number of amides is 2. The highest BCUT2D eigenvalue weighted by atomic mass is 31.2. The third-order valence-electron chi connectivity index (χ3n) is 2.96. The van der Waals surface area contributed by atoms with Gasteiger partial charge in [0.1, 0.15) is 12.3 Å². The number of carbonyl (C=O) groups is 2. The second-order valence-electron chi connectivity index (χ2n) is 5.40. The summed E-state index contributed by atoms with van der Waals surface area (Å²) in [6.45, 7) is 0.360. The average molecular weight is 401 g/mol. The molecule has 140 valence electrons. The van der Waals surface area contributed by atoms with Crippen LogP contribution in [0.3, 0.4) is 0 Å². The minimum atomic E-state index is -5.86. The van der Waals surface area contributed by atoms with Crippen molar-refractivity contribution in [2.24, 2.45) is 0 Å². The molecule has 1 aromatic rings. The fraction of sp³-hybridized carbons (Fsp3) is 0.385. The van der Waals surface area contributed by atoms with Crippen LogP contribution >= 0.6 is 14.7 Å². The Hall–Kier alpha value is -1.47. The summed E-state index contributed by atoms with van der Waals surface area (Å²) in [7, 11) is -9.76. The van der Waals surface area contributed by atoms with Gasteiger partial charge in [0.25, 0.3) is 0 Å². The highest BCUT2D eigenvalue weighted by molar-refractivity contribution is 7.60. The number of halogens is 3. The first-order valence-electron chi connectivity index (χ1n) is 6.78. The largest absolute Gasteiger partial charge is 0.466 e. The van der Waals surface area contributed by atoms with E-state index >= 15 is 0 Å². The molecule has 0 saturated heterocycles. The molecule has 2 amide bonds. The molecule has 2 unspecified atom stereocenters. The van der Waals surface area contributed by atoms with Gasteiger partial charge in [-0.15, -0.1) is 0 Å². The molecule has 7 nitrogen and oxygen atoms in total. The average Bonchev–Trinajstić information content (AvgIpc) is 2.42. The van der Waals surface area contributed by atoms with E-state index in [1.165, 1.54) is 12.1 Å². The van der Waals surface area contributed by atoms with Gasteiger partial charge in [0.15, 0.2) is 0 Å². The van der Waals surface area contributed by atoms with E-state index in [1.54, 1.807) is 18.2 Å². The van der Waals surface area contributed by atoms with Crippen LogP contribution in [0.4, 0.5) is 13.2 Å². The number of carbonyl (C=O) groups excluding carboxylic acids is 2. The standard InChI is InChI=1S/C13H16F3NO6P2/c1-24(20,21)8-11(18)17(7-10-5-3-2-4-6-10)12(19)9-25(22,23)13(14,15)16/h2-6H,7-9H2,1H3,(H,20,21)(H,22,23). The first-order valence-corrected chi connectivity index (χ1v) is 10.9. The van der Waals surface area contributed by atoms with E-state index in [0.29, 0.717) is 5.56 Å². The van der Waals surface area contributed by atoms with Gasteiger partial charge >= 0.3 is 13.3 Å². The summed E-state index contributed by atoms with van der Waals surface area (Å²) in [5, 5.41) is 0. The minimum absolute atomic E-state index is 0.288. The van der Waals surface area contributed by atoms with Crippen molar-refractivity contribution in [3.05, 3.63) is 35.9 Å². The van der Waals surface area contributed by atoms with Gasteiger partial charge in [-0.1, -0.05) is 30.3 Å². The highest BCUT2D eigenvalue weighted by Crippen LogP contribution is 2.57. The van der Waals surface area contributed by atoms with Crippen molar-refractivity contribution in [2.45, 2.75) is 12.5 Å². The quantitative estimate of drug-likeness (QED) is 0.708. The van der Waals surface area contributed by atoms with Crippen LogP contribution in [0.1, 0.15) is 5.56 Å². The molecule has 2 N–H and O–H groups in total. The molecule has 1 rings (SSSR count). The lowest BCUT2D eigenvalue weighted by molar-refractivity contribution is -0.142. The molecule has 25 heavy (non-hydrogen) atoms. The fourth-order valence-electron chi connectivity index (χ4n) is 1.78. The Balaban J connectivity index is 3.09. The number of alkyl halides is 3. The number of hydrogen-bond donors (Lipinski definition) is 2. The van der Waals surface area contributed by atoms with Gasteiger partial charge in [-0.2, -0.15) is 13.2 Å². The van der Waals surface area contributed by atoms with Gasteiger partial charge in [0, 0.05) is 6.66 Å².